The van der Waals surface area contributed by atoms with Gasteiger partial charge in [0.1, 0.15) is 5.82 Å². The highest BCUT2D eigenvalue weighted by Crippen LogP contribution is 2.33. The lowest BCUT2D eigenvalue weighted by molar-refractivity contribution is -0.121. The minimum absolute atomic E-state index is 0.0473. The van der Waals surface area contributed by atoms with Crippen molar-refractivity contribution in [2.75, 3.05) is 25.0 Å². The average Bonchev–Trinajstić information content (AvgIpc) is 3.25. The quantitative estimate of drug-likeness (QED) is 0.678. The molecule has 1 atom stereocenters. The van der Waals surface area contributed by atoms with Gasteiger partial charge in [-0.2, -0.15) is 0 Å². The zero-order valence-electron chi connectivity index (χ0n) is 17.9. The third-order valence-electron chi connectivity index (χ3n) is 6.71. The maximum atomic E-state index is 12.9. The minimum atomic E-state index is 0.0473. The molecule has 7 nitrogen and oxygen atoms in total. The molecule has 2 fully saturated rings. The molecule has 1 saturated heterocycles. The zero-order chi connectivity index (χ0) is 21.2. The van der Waals surface area contributed by atoms with Crippen molar-refractivity contribution in [2.45, 2.75) is 31.8 Å². The van der Waals surface area contributed by atoms with E-state index in [1.807, 2.05) is 30.1 Å². The van der Waals surface area contributed by atoms with Gasteiger partial charge >= 0.3 is 0 Å². The Kier molecular flexibility index (Phi) is 5.70. The van der Waals surface area contributed by atoms with Crippen molar-refractivity contribution in [1.29, 1.82) is 0 Å². The number of aryl methyl sites for hydroxylation is 1. The standard InChI is InChI=1S/C24H29N5O2/c1-29-15-26-13-21(29)18-6-7-19-12-27-23(11-20(19)10-18)28-24(30)17-4-2-16(3-5-17)22-14-25-8-9-31-22/h6-7,10-13,15-17,22,25H,2-5,8-9,14H2,1H3,(H,27,28,30). The fourth-order valence-electron chi connectivity index (χ4n) is 4.87. The highest BCUT2D eigenvalue weighted by molar-refractivity contribution is 5.95. The number of amides is 1. The number of hydrogen-bond acceptors (Lipinski definition) is 5. The van der Waals surface area contributed by atoms with Crippen LogP contribution in [-0.4, -0.2) is 46.2 Å². The fourth-order valence-corrected chi connectivity index (χ4v) is 4.87. The lowest BCUT2D eigenvalue weighted by Crippen LogP contribution is -2.44. The van der Waals surface area contributed by atoms with E-state index in [4.69, 9.17) is 4.74 Å². The van der Waals surface area contributed by atoms with Gasteiger partial charge in [0.25, 0.3) is 0 Å². The summed E-state index contributed by atoms with van der Waals surface area (Å²) in [5.41, 5.74) is 2.15. The molecule has 0 spiro atoms. The first-order valence-corrected chi connectivity index (χ1v) is 11.2. The molecular formula is C24H29N5O2. The van der Waals surface area contributed by atoms with E-state index in [2.05, 4.69) is 38.8 Å². The summed E-state index contributed by atoms with van der Waals surface area (Å²) in [4.78, 5) is 21.5. The van der Waals surface area contributed by atoms with Crippen LogP contribution in [0.15, 0.2) is 43.0 Å². The second-order valence-corrected chi connectivity index (χ2v) is 8.74. The van der Waals surface area contributed by atoms with Crippen molar-refractivity contribution in [1.82, 2.24) is 19.9 Å². The molecule has 7 heteroatoms. The number of anilines is 1. The molecule has 162 valence electrons. The van der Waals surface area contributed by atoms with Gasteiger partial charge in [-0.1, -0.05) is 12.1 Å². The summed E-state index contributed by atoms with van der Waals surface area (Å²) >= 11 is 0. The second-order valence-electron chi connectivity index (χ2n) is 8.74. The van der Waals surface area contributed by atoms with Gasteiger partial charge in [0.05, 0.1) is 30.9 Å². The Morgan fingerprint density at radius 3 is 2.77 bits per heavy atom. The molecular weight excluding hydrogens is 390 g/mol. The van der Waals surface area contributed by atoms with Crippen LogP contribution in [0.25, 0.3) is 22.0 Å². The third kappa shape index (κ3) is 4.34. The predicted molar refractivity (Wildman–Crippen MR) is 121 cm³/mol. The lowest BCUT2D eigenvalue weighted by atomic mass is 9.78. The number of aromatic nitrogens is 3. The molecule has 3 aromatic rings. The summed E-state index contributed by atoms with van der Waals surface area (Å²) < 4.78 is 7.91. The molecule has 1 amide bonds. The Bertz CT molecular complexity index is 1060. The fraction of sp³-hybridized carbons (Fsp3) is 0.458. The van der Waals surface area contributed by atoms with Crippen molar-refractivity contribution < 1.29 is 9.53 Å². The van der Waals surface area contributed by atoms with Gasteiger partial charge in [0.15, 0.2) is 0 Å². The Morgan fingerprint density at radius 2 is 2.03 bits per heavy atom. The van der Waals surface area contributed by atoms with Gasteiger partial charge < -0.3 is 19.9 Å². The maximum absolute atomic E-state index is 12.9. The third-order valence-corrected chi connectivity index (χ3v) is 6.71. The molecule has 5 rings (SSSR count). The molecule has 3 heterocycles. The summed E-state index contributed by atoms with van der Waals surface area (Å²) in [5.74, 6) is 1.30. The predicted octanol–water partition coefficient (Wildman–Crippen LogP) is 3.37. The van der Waals surface area contributed by atoms with Gasteiger partial charge in [-0.25, -0.2) is 9.97 Å². The molecule has 0 radical (unpaired) electrons. The van der Waals surface area contributed by atoms with Crippen molar-refractivity contribution in [3.63, 3.8) is 0 Å². The zero-order valence-corrected chi connectivity index (χ0v) is 17.9. The smallest absolute Gasteiger partial charge is 0.228 e. The van der Waals surface area contributed by atoms with Gasteiger partial charge in [0.2, 0.25) is 5.91 Å². The van der Waals surface area contributed by atoms with E-state index in [-0.39, 0.29) is 11.8 Å². The average molecular weight is 420 g/mol. The summed E-state index contributed by atoms with van der Waals surface area (Å²) in [6.07, 6.45) is 9.69. The first-order chi connectivity index (χ1) is 15.2. The number of morpholine rings is 1. The molecule has 1 aliphatic heterocycles. The van der Waals surface area contributed by atoms with Crippen LogP contribution in [0.4, 0.5) is 5.82 Å². The number of benzene rings is 1. The van der Waals surface area contributed by atoms with Crippen LogP contribution < -0.4 is 10.6 Å². The normalized spacial score (nSPS) is 24.2. The Hall–Kier alpha value is -2.77. The number of nitrogens with zero attached hydrogens (tertiary/aromatic N) is 3. The number of ether oxygens (including phenoxy) is 1. The van der Waals surface area contributed by atoms with Gasteiger partial charge in [-0.05, 0) is 49.1 Å². The molecule has 31 heavy (non-hydrogen) atoms. The Labute approximate surface area is 182 Å². The van der Waals surface area contributed by atoms with E-state index >= 15 is 0 Å². The maximum Gasteiger partial charge on any atom is 0.228 e. The van der Waals surface area contributed by atoms with E-state index in [0.29, 0.717) is 17.8 Å². The molecule has 2 aromatic heterocycles. The van der Waals surface area contributed by atoms with Crippen molar-refractivity contribution in [3.8, 4) is 11.3 Å². The number of imidazole rings is 1. The summed E-state index contributed by atoms with van der Waals surface area (Å²) in [6, 6.07) is 8.20. The van der Waals surface area contributed by atoms with Gasteiger partial charge in [0, 0.05) is 43.2 Å². The SMILES string of the molecule is Cn1cncc1-c1ccc2cnc(NC(=O)C3CCC(C4CNCCO4)CC3)cc2c1. The number of hydrogen-bond donors (Lipinski definition) is 2. The molecule has 0 bridgehead atoms. The molecule has 1 saturated carbocycles. The minimum Gasteiger partial charge on any atom is -0.375 e. The van der Waals surface area contributed by atoms with Crippen molar-refractivity contribution in [3.05, 3.63) is 43.0 Å². The molecule has 1 aromatic carbocycles. The first-order valence-electron chi connectivity index (χ1n) is 11.2. The number of pyridine rings is 1. The topological polar surface area (TPSA) is 81.1 Å². The number of fused-ring (bicyclic) bond motifs is 1. The van der Waals surface area contributed by atoms with Crippen LogP contribution in [0, 0.1) is 11.8 Å². The van der Waals surface area contributed by atoms with Crippen LogP contribution in [0.3, 0.4) is 0 Å². The van der Waals surface area contributed by atoms with E-state index in [0.717, 1.165) is 67.4 Å². The van der Waals surface area contributed by atoms with Crippen LogP contribution in [0.5, 0.6) is 0 Å². The number of rotatable bonds is 4. The van der Waals surface area contributed by atoms with E-state index in [1.165, 1.54) is 0 Å². The summed E-state index contributed by atoms with van der Waals surface area (Å²) in [6.45, 7) is 2.67. The van der Waals surface area contributed by atoms with Gasteiger partial charge in [-0.15, -0.1) is 0 Å². The largest absolute Gasteiger partial charge is 0.375 e. The van der Waals surface area contributed by atoms with E-state index < -0.39 is 0 Å². The number of nitrogens with one attached hydrogen (secondary N) is 2. The highest BCUT2D eigenvalue weighted by atomic mass is 16.5. The molecule has 2 aliphatic rings. The lowest BCUT2D eigenvalue weighted by Gasteiger charge is -2.35. The van der Waals surface area contributed by atoms with Crippen LogP contribution in [0.2, 0.25) is 0 Å². The summed E-state index contributed by atoms with van der Waals surface area (Å²) in [5, 5.41) is 8.56. The van der Waals surface area contributed by atoms with E-state index in [9.17, 15) is 4.79 Å². The molecule has 1 aliphatic carbocycles. The number of carbonyl (C=O) groups is 1. The Morgan fingerprint density at radius 1 is 1.16 bits per heavy atom. The first kappa shape index (κ1) is 20.2. The second kappa shape index (κ2) is 8.77. The molecule has 2 N–H and O–H groups in total. The number of carbonyl (C=O) groups excluding carboxylic acids is 1. The van der Waals surface area contributed by atoms with E-state index in [1.54, 1.807) is 6.33 Å². The Balaban J connectivity index is 1.24. The van der Waals surface area contributed by atoms with Crippen LogP contribution >= 0.6 is 0 Å². The summed E-state index contributed by atoms with van der Waals surface area (Å²) in [7, 11) is 1.98. The van der Waals surface area contributed by atoms with Crippen molar-refractivity contribution >= 4 is 22.5 Å². The molecule has 1 unspecified atom stereocenters. The van der Waals surface area contributed by atoms with Crippen LogP contribution in [0.1, 0.15) is 25.7 Å². The van der Waals surface area contributed by atoms with Crippen LogP contribution in [-0.2, 0) is 16.6 Å². The van der Waals surface area contributed by atoms with Gasteiger partial charge in [-0.3, -0.25) is 4.79 Å². The van der Waals surface area contributed by atoms with Crippen molar-refractivity contribution in [2.24, 2.45) is 18.9 Å². The monoisotopic (exact) mass is 419 g/mol. The highest BCUT2D eigenvalue weighted by Gasteiger charge is 2.32.